The summed E-state index contributed by atoms with van der Waals surface area (Å²) in [6.45, 7) is 1.72. The highest BCUT2D eigenvalue weighted by atomic mass is 35.5. The van der Waals surface area contributed by atoms with Crippen molar-refractivity contribution in [1.82, 2.24) is 4.90 Å². The summed E-state index contributed by atoms with van der Waals surface area (Å²) >= 11 is 5.94. The van der Waals surface area contributed by atoms with Gasteiger partial charge in [-0.2, -0.15) is 5.26 Å². The summed E-state index contributed by atoms with van der Waals surface area (Å²) in [7, 11) is 0. The summed E-state index contributed by atoms with van der Waals surface area (Å²) in [5, 5.41) is 9.55. The molecule has 1 aliphatic rings. The molecule has 1 atom stereocenters. The molecule has 1 fully saturated rings. The summed E-state index contributed by atoms with van der Waals surface area (Å²) in [6, 6.07) is 18.7. The number of morpholine rings is 1. The maximum absolute atomic E-state index is 12.8. The van der Waals surface area contributed by atoms with Gasteiger partial charge in [0.1, 0.15) is 6.10 Å². The highest BCUT2D eigenvalue weighted by Gasteiger charge is 2.26. The molecule has 0 saturated carbocycles. The van der Waals surface area contributed by atoms with Gasteiger partial charge in [-0.3, -0.25) is 9.59 Å². The first-order valence-corrected chi connectivity index (χ1v) is 10.3. The Balaban J connectivity index is 1.57. The van der Waals surface area contributed by atoms with Gasteiger partial charge in [-0.25, -0.2) is 0 Å². The molecule has 156 valence electrons. The van der Waals surface area contributed by atoms with Gasteiger partial charge < -0.3 is 14.5 Å². The molecular weight excluding hydrogens is 402 g/mol. The van der Waals surface area contributed by atoms with Crippen molar-refractivity contribution in [3.8, 4) is 6.07 Å². The van der Waals surface area contributed by atoms with Crippen molar-refractivity contribution in [3.05, 3.63) is 65.2 Å². The SMILES string of the molecule is N#CCCN(C(=O)CCC(=O)N1CCOC(c2ccc(Cl)cc2)C1)c1ccccc1. The van der Waals surface area contributed by atoms with E-state index in [1.807, 2.05) is 42.5 Å². The number of halogens is 1. The number of rotatable bonds is 7. The maximum Gasteiger partial charge on any atom is 0.227 e. The highest BCUT2D eigenvalue weighted by molar-refractivity contribution is 6.30. The fraction of sp³-hybridized carbons (Fsp3) is 0.348. The van der Waals surface area contributed by atoms with Gasteiger partial charge in [0.25, 0.3) is 0 Å². The third-order valence-electron chi connectivity index (χ3n) is 5.03. The molecule has 7 heteroatoms. The Labute approximate surface area is 181 Å². The molecule has 1 aliphatic heterocycles. The number of carbonyl (C=O) groups is 2. The highest BCUT2D eigenvalue weighted by Crippen LogP contribution is 2.24. The molecule has 0 spiro atoms. The van der Waals surface area contributed by atoms with Crippen molar-refractivity contribution in [3.63, 3.8) is 0 Å². The van der Waals surface area contributed by atoms with E-state index in [2.05, 4.69) is 6.07 Å². The zero-order valence-electron chi connectivity index (χ0n) is 16.7. The Morgan fingerprint density at radius 3 is 2.57 bits per heavy atom. The first-order valence-electron chi connectivity index (χ1n) is 9.95. The lowest BCUT2D eigenvalue weighted by atomic mass is 10.1. The maximum atomic E-state index is 12.8. The number of anilines is 1. The summed E-state index contributed by atoms with van der Waals surface area (Å²) in [4.78, 5) is 28.8. The fourth-order valence-corrected chi connectivity index (χ4v) is 3.56. The number of para-hydroxylation sites is 1. The van der Waals surface area contributed by atoms with Crippen molar-refractivity contribution in [2.24, 2.45) is 0 Å². The van der Waals surface area contributed by atoms with Gasteiger partial charge >= 0.3 is 0 Å². The van der Waals surface area contributed by atoms with Crippen LogP contribution < -0.4 is 4.90 Å². The summed E-state index contributed by atoms with van der Waals surface area (Å²) in [5.41, 5.74) is 1.71. The molecule has 3 rings (SSSR count). The molecule has 2 amide bonds. The van der Waals surface area contributed by atoms with Crippen molar-refractivity contribution in [1.29, 1.82) is 5.26 Å². The van der Waals surface area contributed by atoms with Crippen LogP contribution in [-0.4, -0.2) is 43.0 Å². The zero-order valence-corrected chi connectivity index (χ0v) is 17.4. The molecule has 2 aromatic carbocycles. The van der Waals surface area contributed by atoms with Crippen LogP contribution in [0.2, 0.25) is 5.02 Å². The topological polar surface area (TPSA) is 73.6 Å². The van der Waals surface area contributed by atoms with E-state index in [0.717, 1.165) is 11.3 Å². The van der Waals surface area contributed by atoms with E-state index >= 15 is 0 Å². The van der Waals surface area contributed by atoms with Gasteiger partial charge in [0.05, 0.1) is 25.6 Å². The summed E-state index contributed by atoms with van der Waals surface area (Å²) in [5.74, 6) is -0.230. The van der Waals surface area contributed by atoms with E-state index in [1.165, 1.54) is 0 Å². The van der Waals surface area contributed by atoms with Crippen LogP contribution in [0.15, 0.2) is 54.6 Å². The second kappa shape index (κ2) is 10.8. The van der Waals surface area contributed by atoms with Gasteiger partial charge in [-0.05, 0) is 29.8 Å². The monoisotopic (exact) mass is 425 g/mol. The quantitative estimate of drug-likeness (QED) is 0.672. The molecule has 0 radical (unpaired) electrons. The van der Waals surface area contributed by atoms with E-state index in [4.69, 9.17) is 21.6 Å². The predicted octanol–water partition coefficient (Wildman–Crippen LogP) is 3.97. The molecule has 1 heterocycles. The fourth-order valence-electron chi connectivity index (χ4n) is 3.43. The van der Waals surface area contributed by atoms with Crippen LogP contribution in [0, 0.1) is 11.3 Å². The molecule has 0 N–H and O–H groups in total. The van der Waals surface area contributed by atoms with Crippen LogP contribution in [0.25, 0.3) is 0 Å². The van der Waals surface area contributed by atoms with Crippen molar-refractivity contribution in [2.75, 3.05) is 31.1 Å². The Morgan fingerprint density at radius 2 is 1.87 bits per heavy atom. The minimum atomic E-state index is -0.202. The molecule has 30 heavy (non-hydrogen) atoms. The van der Waals surface area contributed by atoms with Crippen molar-refractivity contribution in [2.45, 2.75) is 25.4 Å². The van der Waals surface area contributed by atoms with E-state index in [0.29, 0.717) is 31.3 Å². The second-order valence-corrected chi connectivity index (χ2v) is 7.48. The van der Waals surface area contributed by atoms with E-state index in [-0.39, 0.29) is 37.2 Å². The van der Waals surface area contributed by atoms with Gasteiger partial charge in [0.15, 0.2) is 0 Å². The van der Waals surface area contributed by atoms with E-state index in [1.54, 1.807) is 21.9 Å². The minimum Gasteiger partial charge on any atom is -0.370 e. The molecule has 6 nitrogen and oxygen atoms in total. The molecule has 0 aromatic heterocycles. The number of benzene rings is 2. The molecular formula is C23H24ClN3O3. The van der Waals surface area contributed by atoms with Crippen LogP contribution >= 0.6 is 11.6 Å². The smallest absolute Gasteiger partial charge is 0.227 e. The Bertz CT molecular complexity index is 896. The third-order valence-corrected chi connectivity index (χ3v) is 5.28. The standard InChI is InChI=1S/C23H24ClN3O3/c24-19-9-7-18(8-10-19)21-17-26(15-16-30-21)22(28)11-12-23(29)27(14-4-13-25)20-5-2-1-3-6-20/h1-3,5-10,21H,4,11-12,14-17H2. The number of carbonyl (C=O) groups excluding carboxylic acids is 2. The normalized spacial score (nSPS) is 16.0. The predicted molar refractivity (Wildman–Crippen MR) is 115 cm³/mol. The number of nitrogens with zero attached hydrogens (tertiary/aromatic N) is 3. The molecule has 2 aromatic rings. The van der Waals surface area contributed by atoms with Gasteiger partial charge in [-0.15, -0.1) is 0 Å². The van der Waals surface area contributed by atoms with E-state index < -0.39 is 0 Å². The summed E-state index contributed by atoms with van der Waals surface area (Å²) in [6.07, 6.45) is 0.262. The van der Waals surface area contributed by atoms with Gasteiger partial charge in [0, 0.05) is 36.6 Å². The lowest BCUT2D eigenvalue weighted by Crippen LogP contribution is -2.42. The van der Waals surface area contributed by atoms with Crippen LogP contribution in [0.1, 0.15) is 30.9 Å². The van der Waals surface area contributed by atoms with Gasteiger partial charge in [-0.1, -0.05) is 41.9 Å². The Morgan fingerprint density at radius 1 is 1.13 bits per heavy atom. The second-order valence-electron chi connectivity index (χ2n) is 7.04. The van der Waals surface area contributed by atoms with Crippen molar-refractivity contribution < 1.29 is 14.3 Å². The summed E-state index contributed by atoms with van der Waals surface area (Å²) < 4.78 is 5.81. The average molecular weight is 426 g/mol. The minimum absolute atomic E-state index is 0.0705. The average Bonchev–Trinajstić information content (AvgIpc) is 2.79. The molecule has 0 bridgehead atoms. The number of amides is 2. The lowest BCUT2D eigenvalue weighted by Gasteiger charge is -2.33. The number of hydrogen-bond donors (Lipinski definition) is 0. The lowest BCUT2D eigenvalue weighted by molar-refractivity contribution is -0.140. The number of nitriles is 1. The van der Waals surface area contributed by atoms with E-state index in [9.17, 15) is 9.59 Å². The van der Waals surface area contributed by atoms with Crippen LogP contribution in [0.3, 0.4) is 0 Å². The van der Waals surface area contributed by atoms with Crippen LogP contribution in [0.4, 0.5) is 5.69 Å². The van der Waals surface area contributed by atoms with Gasteiger partial charge in [0.2, 0.25) is 11.8 Å². The third kappa shape index (κ3) is 5.82. The molecule has 0 aliphatic carbocycles. The Hall–Kier alpha value is -2.88. The number of ether oxygens (including phenoxy) is 1. The zero-order chi connectivity index (χ0) is 21.3. The first kappa shape index (κ1) is 21.8. The molecule has 1 unspecified atom stereocenters. The first-order chi connectivity index (χ1) is 14.6. The van der Waals surface area contributed by atoms with Crippen LogP contribution in [0.5, 0.6) is 0 Å². The van der Waals surface area contributed by atoms with Crippen LogP contribution in [-0.2, 0) is 14.3 Å². The Kier molecular flexibility index (Phi) is 7.83. The largest absolute Gasteiger partial charge is 0.370 e. The molecule has 1 saturated heterocycles. The number of hydrogen-bond acceptors (Lipinski definition) is 4. The van der Waals surface area contributed by atoms with Crippen molar-refractivity contribution >= 4 is 29.1 Å².